The first-order chi connectivity index (χ1) is 7.56. The number of halogens is 2. The first-order valence-electron chi connectivity index (χ1n) is 4.59. The van der Waals surface area contributed by atoms with Gasteiger partial charge in [0.2, 0.25) is 0 Å². The lowest BCUT2D eigenvalue weighted by atomic mass is 10.1. The van der Waals surface area contributed by atoms with E-state index >= 15 is 0 Å². The van der Waals surface area contributed by atoms with E-state index in [1.807, 2.05) is 0 Å². The molecule has 0 heterocycles. The second-order valence-electron chi connectivity index (χ2n) is 3.14. The quantitative estimate of drug-likeness (QED) is 0.361. The number of nitro benzene ring substituents is 1. The summed E-state index contributed by atoms with van der Waals surface area (Å²) in [5, 5.41) is 11.4. The topological polar surface area (TPSA) is 60.2 Å². The molecule has 0 fully saturated rings. The van der Waals surface area contributed by atoms with Crippen LogP contribution >= 0.6 is 27.5 Å². The van der Waals surface area contributed by atoms with E-state index in [1.165, 1.54) is 18.2 Å². The van der Waals surface area contributed by atoms with Crippen LogP contribution in [0.3, 0.4) is 0 Å². The highest BCUT2D eigenvalue weighted by atomic mass is 79.9. The molecule has 86 valence electrons. The molecule has 0 aliphatic carbocycles. The lowest BCUT2D eigenvalue weighted by Crippen LogP contribution is -2.00. The SMILES string of the molecule is O=C(CCCBr)c1ccc(Cl)c([N+](=O)[O-])c1. The average molecular weight is 307 g/mol. The minimum absolute atomic E-state index is 0.0436. The fourth-order valence-corrected chi connectivity index (χ4v) is 1.66. The monoisotopic (exact) mass is 305 g/mol. The van der Waals surface area contributed by atoms with Crippen molar-refractivity contribution in [3.05, 3.63) is 38.9 Å². The number of carbonyl (C=O) groups excluding carboxylic acids is 1. The van der Waals surface area contributed by atoms with Gasteiger partial charge in [-0.15, -0.1) is 0 Å². The molecule has 1 aromatic carbocycles. The van der Waals surface area contributed by atoms with Crippen LogP contribution in [0.2, 0.25) is 5.02 Å². The van der Waals surface area contributed by atoms with E-state index in [0.29, 0.717) is 18.4 Å². The standard InChI is InChI=1S/C10H9BrClNO3/c11-5-1-2-10(14)7-3-4-8(12)9(6-7)13(15)16/h3-4,6H,1-2,5H2. The van der Waals surface area contributed by atoms with Crippen LogP contribution in [0.1, 0.15) is 23.2 Å². The van der Waals surface area contributed by atoms with Gasteiger partial charge in [-0.3, -0.25) is 14.9 Å². The number of nitro groups is 1. The lowest BCUT2D eigenvalue weighted by Gasteiger charge is -2.01. The van der Waals surface area contributed by atoms with E-state index in [-0.39, 0.29) is 16.5 Å². The smallest absolute Gasteiger partial charge is 0.288 e. The van der Waals surface area contributed by atoms with E-state index in [9.17, 15) is 14.9 Å². The number of hydrogen-bond acceptors (Lipinski definition) is 3. The molecule has 4 nitrogen and oxygen atoms in total. The summed E-state index contributed by atoms with van der Waals surface area (Å²) in [5.41, 5.74) is 0.100. The molecule has 1 aromatic rings. The largest absolute Gasteiger partial charge is 0.294 e. The summed E-state index contributed by atoms with van der Waals surface area (Å²) in [5.74, 6) is -0.112. The molecule has 0 aliphatic rings. The summed E-state index contributed by atoms with van der Waals surface area (Å²) in [6, 6.07) is 4.10. The third-order valence-electron chi connectivity index (χ3n) is 2.00. The van der Waals surface area contributed by atoms with E-state index in [2.05, 4.69) is 15.9 Å². The third-order valence-corrected chi connectivity index (χ3v) is 2.88. The van der Waals surface area contributed by atoms with Crippen molar-refractivity contribution in [1.82, 2.24) is 0 Å². The van der Waals surface area contributed by atoms with Gasteiger partial charge in [0.15, 0.2) is 5.78 Å². The second-order valence-corrected chi connectivity index (χ2v) is 4.34. The molecule has 0 atom stereocenters. The maximum absolute atomic E-state index is 11.6. The fraction of sp³-hybridized carbons (Fsp3) is 0.300. The maximum Gasteiger partial charge on any atom is 0.288 e. The van der Waals surface area contributed by atoms with Gasteiger partial charge in [0.05, 0.1) is 4.92 Å². The van der Waals surface area contributed by atoms with Gasteiger partial charge in [-0.2, -0.15) is 0 Å². The Morgan fingerprint density at radius 2 is 2.19 bits per heavy atom. The lowest BCUT2D eigenvalue weighted by molar-refractivity contribution is -0.384. The van der Waals surface area contributed by atoms with Crippen LogP contribution in [0.4, 0.5) is 5.69 Å². The fourth-order valence-electron chi connectivity index (χ4n) is 1.20. The van der Waals surface area contributed by atoms with E-state index in [0.717, 1.165) is 5.33 Å². The molecule has 0 aliphatic heterocycles. The molecule has 16 heavy (non-hydrogen) atoms. The van der Waals surface area contributed by atoms with Gasteiger partial charge in [0, 0.05) is 23.4 Å². The Balaban J connectivity index is 2.94. The molecular formula is C10H9BrClNO3. The van der Waals surface area contributed by atoms with Crippen LogP contribution in [-0.4, -0.2) is 16.0 Å². The molecule has 0 aromatic heterocycles. The number of rotatable bonds is 5. The van der Waals surface area contributed by atoms with E-state index < -0.39 is 4.92 Å². The summed E-state index contributed by atoms with van der Waals surface area (Å²) in [6.07, 6.45) is 1.07. The molecule has 0 radical (unpaired) electrons. The Kier molecular flexibility index (Phi) is 4.89. The van der Waals surface area contributed by atoms with Crippen molar-refractivity contribution >= 4 is 39.0 Å². The van der Waals surface area contributed by atoms with Crippen LogP contribution < -0.4 is 0 Å². The van der Waals surface area contributed by atoms with Crippen LogP contribution in [-0.2, 0) is 0 Å². The second kappa shape index (κ2) is 5.96. The first kappa shape index (κ1) is 13.1. The normalized spacial score (nSPS) is 10.1. The predicted octanol–water partition coefficient (Wildman–Crippen LogP) is 3.61. The summed E-state index contributed by atoms with van der Waals surface area (Å²) in [4.78, 5) is 21.6. The van der Waals surface area contributed by atoms with E-state index in [1.54, 1.807) is 0 Å². The summed E-state index contributed by atoms with van der Waals surface area (Å²) < 4.78 is 0. The Labute approximate surface area is 106 Å². The van der Waals surface area contributed by atoms with Crippen molar-refractivity contribution in [2.45, 2.75) is 12.8 Å². The molecular weight excluding hydrogens is 297 g/mol. The highest BCUT2D eigenvalue weighted by molar-refractivity contribution is 9.09. The van der Waals surface area contributed by atoms with Crippen molar-refractivity contribution in [1.29, 1.82) is 0 Å². The minimum atomic E-state index is -0.594. The maximum atomic E-state index is 11.6. The zero-order valence-electron chi connectivity index (χ0n) is 8.28. The molecule has 0 N–H and O–H groups in total. The van der Waals surface area contributed by atoms with Crippen LogP contribution in [0.5, 0.6) is 0 Å². The Morgan fingerprint density at radius 1 is 1.50 bits per heavy atom. The molecule has 0 unspecified atom stereocenters. The van der Waals surface area contributed by atoms with Crippen molar-refractivity contribution in [2.24, 2.45) is 0 Å². The molecule has 0 amide bonds. The van der Waals surface area contributed by atoms with Crippen molar-refractivity contribution in [2.75, 3.05) is 5.33 Å². The Morgan fingerprint density at radius 3 is 2.75 bits per heavy atom. The van der Waals surface area contributed by atoms with Crippen LogP contribution in [0.15, 0.2) is 18.2 Å². The number of benzene rings is 1. The average Bonchev–Trinajstić information content (AvgIpc) is 2.26. The minimum Gasteiger partial charge on any atom is -0.294 e. The highest BCUT2D eigenvalue weighted by Crippen LogP contribution is 2.25. The molecule has 1 rings (SSSR count). The van der Waals surface area contributed by atoms with Crippen molar-refractivity contribution in [3.8, 4) is 0 Å². The van der Waals surface area contributed by atoms with Crippen LogP contribution in [0.25, 0.3) is 0 Å². The van der Waals surface area contributed by atoms with Gasteiger partial charge < -0.3 is 0 Å². The number of Topliss-reactive ketones (excluding diaryl/α,β-unsaturated/α-hetero) is 1. The third kappa shape index (κ3) is 3.28. The van der Waals surface area contributed by atoms with Gasteiger partial charge >= 0.3 is 0 Å². The number of nitrogens with zero attached hydrogens (tertiary/aromatic N) is 1. The van der Waals surface area contributed by atoms with Gasteiger partial charge in [-0.05, 0) is 18.6 Å². The molecule has 6 heteroatoms. The summed E-state index contributed by atoms with van der Waals surface area (Å²) in [7, 11) is 0. The summed E-state index contributed by atoms with van der Waals surface area (Å²) >= 11 is 8.86. The van der Waals surface area contributed by atoms with Crippen LogP contribution in [0, 0.1) is 10.1 Å². The van der Waals surface area contributed by atoms with Crippen molar-refractivity contribution < 1.29 is 9.72 Å². The van der Waals surface area contributed by atoms with Gasteiger partial charge in [-0.1, -0.05) is 27.5 Å². The number of ketones is 1. The molecule has 0 saturated heterocycles. The van der Waals surface area contributed by atoms with E-state index in [4.69, 9.17) is 11.6 Å². The number of alkyl halides is 1. The number of carbonyl (C=O) groups is 1. The van der Waals surface area contributed by atoms with Gasteiger partial charge in [-0.25, -0.2) is 0 Å². The van der Waals surface area contributed by atoms with Gasteiger partial charge in [0.25, 0.3) is 5.69 Å². The zero-order chi connectivity index (χ0) is 12.1. The predicted molar refractivity (Wildman–Crippen MR) is 65.5 cm³/mol. The Hall–Kier alpha value is -0.940. The van der Waals surface area contributed by atoms with Crippen molar-refractivity contribution in [3.63, 3.8) is 0 Å². The molecule has 0 bridgehead atoms. The summed E-state index contributed by atoms with van der Waals surface area (Å²) in [6.45, 7) is 0. The molecule has 0 spiro atoms. The Bertz CT molecular complexity index is 423. The highest BCUT2D eigenvalue weighted by Gasteiger charge is 2.15. The van der Waals surface area contributed by atoms with Gasteiger partial charge in [0.1, 0.15) is 5.02 Å². The molecule has 0 saturated carbocycles. The first-order valence-corrected chi connectivity index (χ1v) is 6.09. The zero-order valence-corrected chi connectivity index (χ0v) is 10.6. The number of hydrogen-bond donors (Lipinski definition) is 0.